The zero-order valence-corrected chi connectivity index (χ0v) is 11.9. The van der Waals surface area contributed by atoms with Crippen LogP contribution in [-0.2, 0) is 0 Å². The van der Waals surface area contributed by atoms with Gasteiger partial charge >= 0.3 is 0 Å². The van der Waals surface area contributed by atoms with Crippen LogP contribution in [-0.4, -0.2) is 62.0 Å². The zero-order valence-electron chi connectivity index (χ0n) is 11.9. The number of aliphatic imine (C=N–C) groups is 1. The first-order valence-electron chi connectivity index (χ1n) is 7.35. The fourth-order valence-electron chi connectivity index (χ4n) is 3.04. The van der Waals surface area contributed by atoms with E-state index >= 15 is 0 Å². The summed E-state index contributed by atoms with van der Waals surface area (Å²) in [5.74, 6) is 1.47. The first kappa shape index (κ1) is 13.8. The molecule has 0 bridgehead atoms. The van der Waals surface area contributed by atoms with Crippen molar-refractivity contribution < 1.29 is 0 Å². The van der Waals surface area contributed by atoms with E-state index < -0.39 is 0 Å². The Morgan fingerprint density at radius 2 is 1.89 bits per heavy atom. The molecule has 4 heteroatoms. The van der Waals surface area contributed by atoms with E-state index in [1.54, 1.807) is 0 Å². The van der Waals surface area contributed by atoms with Crippen molar-refractivity contribution in [2.24, 2.45) is 16.6 Å². The summed E-state index contributed by atoms with van der Waals surface area (Å²) in [6.45, 7) is 4.27. The third-order valence-corrected chi connectivity index (χ3v) is 4.49. The second kappa shape index (κ2) is 6.53. The molecule has 1 aliphatic heterocycles. The lowest BCUT2D eigenvalue weighted by atomic mass is 9.88. The van der Waals surface area contributed by atoms with Gasteiger partial charge in [-0.2, -0.15) is 0 Å². The molecule has 2 N–H and O–H groups in total. The van der Waals surface area contributed by atoms with Crippen LogP contribution in [0.4, 0.5) is 0 Å². The Hall–Kier alpha value is -0.610. The Morgan fingerprint density at radius 3 is 2.61 bits per heavy atom. The summed E-state index contributed by atoms with van der Waals surface area (Å²) in [5, 5.41) is 0. The van der Waals surface area contributed by atoms with Gasteiger partial charge in [0.2, 0.25) is 0 Å². The number of nitrogens with zero attached hydrogens (tertiary/aromatic N) is 3. The van der Waals surface area contributed by atoms with E-state index in [1.165, 1.54) is 32.1 Å². The number of hydrogen-bond donors (Lipinski definition) is 1. The molecule has 0 aromatic heterocycles. The summed E-state index contributed by atoms with van der Waals surface area (Å²) >= 11 is 0. The molecule has 1 saturated carbocycles. The minimum atomic E-state index is 0.533. The monoisotopic (exact) mass is 252 g/mol. The van der Waals surface area contributed by atoms with Crippen LogP contribution in [0.5, 0.6) is 0 Å². The van der Waals surface area contributed by atoms with Crippen LogP contribution in [0.2, 0.25) is 0 Å². The molecule has 1 aliphatic carbocycles. The van der Waals surface area contributed by atoms with Crippen LogP contribution in [0.15, 0.2) is 4.99 Å². The molecule has 1 atom stereocenters. The lowest BCUT2D eigenvalue weighted by molar-refractivity contribution is 0.119. The van der Waals surface area contributed by atoms with Gasteiger partial charge in [0.1, 0.15) is 0 Å². The molecule has 0 spiro atoms. The second-order valence-corrected chi connectivity index (χ2v) is 6.00. The second-order valence-electron chi connectivity index (χ2n) is 6.00. The number of hydrogen-bond acceptors (Lipinski definition) is 3. The molecule has 1 heterocycles. The van der Waals surface area contributed by atoms with Crippen molar-refractivity contribution in [1.29, 1.82) is 0 Å². The van der Waals surface area contributed by atoms with Gasteiger partial charge in [-0.3, -0.25) is 9.89 Å². The van der Waals surface area contributed by atoms with Gasteiger partial charge < -0.3 is 10.6 Å². The van der Waals surface area contributed by atoms with Gasteiger partial charge in [-0.05, 0) is 26.9 Å². The molecule has 2 aliphatic rings. The highest BCUT2D eigenvalue weighted by Crippen LogP contribution is 2.23. The summed E-state index contributed by atoms with van der Waals surface area (Å²) in [4.78, 5) is 9.48. The SMILES string of the molecule is CN1CCN(C)C(CN=C(N)C2CCCCC2)C1. The van der Waals surface area contributed by atoms with Gasteiger partial charge in [0.05, 0.1) is 12.4 Å². The Balaban J connectivity index is 1.84. The average Bonchev–Trinajstić information content (AvgIpc) is 2.40. The first-order valence-corrected chi connectivity index (χ1v) is 7.35. The molecular weight excluding hydrogens is 224 g/mol. The molecule has 0 aromatic carbocycles. The van der Waals surface area contributed by atoms with Crippen LogP contribution in [0, 0.1) is 5.92 Å². The van der Waals surface area contributed by atoms with Crippen LogP contribution < -0.4 is 5.73 Å². The highest BCUT2D eigenvalue weighted by Gasteiger charge is 2.22. The minimum Gasteiger partial charge on any atom is -0.387 e. The Kier molecular flexibility index (Phi) is 5.01. The van der Waals surface area contributed by atoms with E-state index in [0.29, 0.717) is 12.0 Å². The highest BCUT2D eigenvalue weighted by atomic mass is 15.3. The first-order chi connectivity index (χ1) is 8.66. The van der Waals surface area contributed by atoms with Crippen LogP contribution in [0.1, 0.15) is 32.1 Å². The van der Waals surface area contributed by atoms with E-state index in [0.717, 1.165) is 32.0 Å². The normalized spacial score (nSPS) is 29.7. The van der Waals surface area contributed by atoms with Crippen molar-refractivity contribution in [2.45, 2.75) is 38.1 Å². The molecule has 0 amide bonds. The molecule has 1 unspecified atom stereocenters. The number of amidine groups is 1. The van der Waals surface area contributed by atoms with Crippen molar-refractivity contribution in [3.05, 3.63) is 0 Å². The summed E-state index contributed by atoms with van der Waals surface area (Å²) in [5.41, 5.74) is 6.16. The molecule has 2 fully saturated rings. The maximum atomic E-state index is 6.16. The third-order valence-electron chi connectivity index (χ3n) is 4.49. The molecule has 2 rings (SSSR count). The smallest absolute Gasteiger partial charge is 0.0969 e. The fourth-order valence-corrected chi connectivity index (χ4v) is 3.04. The standard InChI is InChI=1S/C14H28N4/c1-17-8-9-18(2)13(11-17)10-16-14(15)12-6-4-3-5-7-12/h12-13H,3-11H2,1-2H3,(H2,15,16). The van der Waals surface area contributed by atoms with Gasteiger partial charge in [0.15, 0.2) is 0 Å². The summed E-state index contributed by atoms with van der Waals surface area (Å²) < 4.78 is 0. The van der Waals surface area contributed by atoms with Gasteiger partial charge in [-0.25, -0.2) is 0 Å². The van der Waals surface area contributed by atoms with Gasteiger partial charge in [0.25, 0.3) is 0 Å². The number of rotatable bonds is 3. The lowest BCUT2D eigenvalue weighted by Gasteiger charge is -2.37. The molecule has 104 valence electrons. The number of likely N-dealkylation sites (N-methyl/N-ethyl adjacent to an activating group) is 2. The Bertz CT molecular complexity index is 284. The fraction of sp³-hybridized carbons (Fsp3) is 0.929. The molecular formula is C14H28N4. The van der Waals surface area contributed by atoms with Crippen LogP contribution in [0.25, 0.3) is 0 Å². The predicted molar refractivity (Wildman–Crippen MR) is 77.0 cm³/mol. The van der Waals surface area contributed by atoms with Crippen molar-refractivity contribution in [3.63, 3.8) is 0 Å². The van der Waals surface area contributed by atoms with Crippen molar-refractivity contribution in [3.8, 4) is 0 Å². The van der Waals surface area contributed by atoms with E-state index in [1.807, 2.05) is 0 Å². The summed E-state index contributed by atoms with van der Waals surface area (Å²) in [7, 11) is 4.39. The van der Waals surface area contributed by atoms with Gasteiger partial charge in [-0.1, -0.05) is 19.3 Å². The number of piperazine rings is 1. The largest absolute Gasteiger partial charge is 0.387 e. The van der Waals surface area contributed by atoms with E-state index in [-0.39, 0.29) is 0 Å². The third kappa shape index (κ3) is 3.69. The maximum Gasteiger partial charge on any atom is 0.0969 e. The molecule has 1 saturated heterocycles. The quantitative estimate of drug-likeness (QED) is 0.606. The van der Waals surface area contributed by atoms with Gasteiger partial charge in [0, 0.05) is 31.6 Å². The molecule has 0 radical (unpaired) electrons. The highest BCUT2D eigenvalue weighted by molar-refractivity contribution is 5.82. The summed E-state index contributed by atoms with van der Waals surface area (Å²) in [6.07, 6.45) is 6.52. The number of nitrogens with two attached hydrogens (primary N) is 1. The van der Waals surface area contributed by atoms with E-state index in [9.17, 15) is 0 Å². The minimum absolute atomic E-state index is 0.533. The van der Waals surface area contributed by atoms with E-state index in [4.69, 9.17) is 5.73 Å². The lowest BCUT2D eigenvalue weighted by Crippen LogP contribution is -2.51. The summed E-state index contributed by atoms with van der Waals surface area (Å²) in [6, 6.07) is 0.533. The molecule has 18 heavy (non-hydrogen) atoms. The van der Waals surface area contributed by atoms with Crippen molar-refractivity contribution >= 4 is 5.84 Å². The predicted octanol–water partition coefficient (Wildman–Crippen LogP) is 1.17. The zero-order chi connectivity index (χ0) is 13.0. The van der Waals surface area contributed by atoms with Crippen LogP contribution >= 0.6 is 0 Å². The van der Waals surface area contributed by atoms with Crippen LogP contribution in [0.3, 0.4) is 0 Å². The average molecular weight is 252 g/mol. The van der Waals surface area contributed by atoms with Crippen molar-refractivity contribution in [1.82, 2.24) is 9.80 Å². The molecule has 0 aromatic rings. The van der Waals surface area contributed by atoms with Gasteiger partial charge in [-0.15, -0.1) is 0 Å². The maximum absolute atomic E-state index is 6.16. The van der Waals surface area contributed by atoms with Crippen molar-refractivity contribution in [2.75, 3.05) is 40.3 Å². The molecule has 4 nitrogen and oxygen atoms in total. The Labute approximate surface area is 111 Å². The van der Waals surface area contributed by atoms with E-state index in [2.05, 4.69) is 28.9 Å². The topological polar surface area (TPSA) is 44.9 Å². The Morgan fingerprint density at radius 1 is 1.17 bits per heavy atom.